The summed E-state index contributed by atoms with van der Waals surface area (Å²) in [7, 11) is -4.61. The fraction of sp³-hybridized carbons (Fsp3) is 0.500. The van der Waals surface area contributed by atoms with E-state index in [1.54, 1.807) is 0 Å². The summed E-state index contributed by atoms with van der Waals surface area (Å²) in [5.41, 5.74) is -0.415. The number of carbonyl (C=O) groups is 2. The number of carbonyl (C=O) groups excluding carboxylic acids is 2. The minimum Gasteiger partial charge on any atom is -0.489 e. The van der Waals surface area contributed by atoms with Crippen LogP contribution in [0.5, 0.6) is 5.75 Å². The molecule has 3 heterocycles. The van der Waals surface area contributed by atoms with Gasteiger partial charge in [0.05, 0.1) is 27.1 Å². The summed E-state index contributed by atoms with van der Waals surface area (Å²) < 4.78 is 54.9. The number of nitro benzene ring substituents is 1. The van der Waals surface area contributed by atoms with Crippen LogP contribution in [0.2, 0.25) is 0 Å². The van der Waals surface area contributed by atoms with Crippen LogP contribution in [-0.4, -0.2) is 64.0 Å². The highest BCUT2D eigenvalue weighted by molar-refractivity contribution is 9.10. The number of nitrogens with zero attached hydrogens (tertiary/aromatic N) is 2. The smallest absolute Gasteiger partial charge is 0.297 e. The Labute approximate surface area is 255 Å². The lowest BCUT2D eigenvalue weighted by atomic mass is 9.62. The van der Waals surface area contributed by atoms with Crippen LogP contribution in [0.15, 0.2) is 33.6 Å². The Morgan fingerprint density at radius 3 is 2.51 bits per heavy atom. The van der Waals surface area contributed by atoms with Crippen molar-refractivity contribution in [3.63, 3.8) is 0 Å². The molecule has 2 N–H and O–H groups in total. The van der Waals surface area contributed by atoms with Gasteiger partial charge in [-0.25, -0.2) is 17.5 Å². The number of anilines is 2. The van der Waals surface area contributed by atoms with Crippen molar-refractivity contribution < 1.29 is 36.8 Å². The number of nitro groups is 1. The molecule has 0 unspecified atom stereocenters. The van der Waals surface area contributed by atoms with Crippen LogP contribution >= 0.6 is 15.9 Å². The van der Waals surface area contributed by atoms with Gasteiger partial charge >= 0.3 is 0 Å². The van der Waals surface area contributed by atoms with E-state index < -0.39 is 37.3 Å². The maximum atomic E-state index is 15.2. The van der Waals surface area contributed by atoms with E-state index in [0.29, 0.717) is 39.1 Å². The van der Waals surface area contributed by atoms with Crippen LogP contribution in [-0.2, 0) is 19.6 Å². The molecule has 1 aliphatic carbocycles. The number of ether oxygens (including phenoxy) is 2. The summed E-state index contributed by atoms with van der Waals surface area (Å²) in [6.45, 7) is 2.46. The van der Waals surface area contributed by atoms with E-state index in [4.69, 9.17) is 9.47 Å². The highest BCUT2D eigenvalue weighted by atomic mass is 79.9. The minimum absolute atomic E-state index is 0.00879. The molecule has 2 aromatic carbocycles. The molecule has 1 atom stereocenters. The molecule has 0 radical (unpaired) electrons. The third kappa shape index (κ3) is 5.81. The van der Waals surface area contributed by atoms with Gasteiger partial charge in [-0.1, -0.05) is 0 Å². The Balaban J connectivity index is 1.19. The number of piperidine rings is 1. The Hall–Kier alpha value is -3.30. The number of ketones is 1. The monoisotopic (exact) mass is 680 g/mol. The van der Waals surface area contributed by atoms with Gasteiger partial charge in [0.2, 0.25) is 0 Å². The lowest BCUT2D eigenvalue weighted by Crippen LogP contribution is -2.47. The zero-order chi connectivity index (χ0) is 30.5. The molecular weight excluding hydrogens is 651 g/mol. The van der Waals surface area contributed by atoms with Gasteiger partial charge < -0.3 is 19.7 Å². The van der Waals surface area contributed by atoms with Gasteiger partial charge in [0.15, 0.2) is 11.4 Å². The topological polar surface area (TPSA) is 157 Å². The zero-order valence-corrected chi connectivity index (χ0v) is 25.5. The summed E-state index contributed by atoms with van der Waals surface area (Å²) in [5.74, 6) is -1.40. The lowest BCUT2D eigenvalue weighted by Gasteiger charge is -2.47. The second-order valence-electron chi connectivity index (χ2n) is 11.7. The van der Waals surface area contributed by atoms with E-state index in [0.717, 1.165) is 43.9 Å². The molecule has 15 heteroatoms. The average molecular weight is 682 g/mol. The van der Waals surface area contributed by atoms with Crippen molar-refractivity contribution in [1.29, 1.82) is 0 Å². The first-order chi connectivity index (χ1) is 20.4. The van der Waals surface area contributed by atoms with Crippen LogP contribution in [0.3, 0.4) is 0 Å². The quantitative estimate of drug-likeness (QED) is 0.335. The van der Waals surface area contributed by atoms with Crippen LogP contribution in [0.1, 0.15) is 48.9 Å². The Morgan fingerprint density at radius 2 is 1.86 bits per heavy atom. The Morgan fingerprint density at radius 1 is 1.16 bits per heavy atom. The van der Waals surface area contributed by atoms with Crippen molar-refractivity contribution in [2.24, 2.45) is 11.3 Å². The van der Waals surface area contributed by atoms with E-state index in [-0.39, 0.29) is 56.9 Å². The number of sulfonamides is 1. The number of nitrogens with one attached hydrogen (secondary N) is 2. The molecule has 43 heavy (non-hydrogen) atoms. The summed E-state index contributed by atoms with van der Waals surface area (Å²) in [6, 6.07) is 4.18. The summed E-state index contributed by atoms with van der Waals surface area (Å²) in [6.07, 6.45) is 4.18. The average Bonchev–Trinajstić information content (AvgIpc) is 2.97. The first-order valence-electron chi connectivity index (χ1n) is 14.1. The fourth-order valence-corrected chi connectivity index (χ4v) is 7.97. The molecule has 2 aromatic rings. The molecule has 3 aliphatic heterocycles. The van der Waals surface area contributed by atoms with Crippen LogP contribution in [0, 0.1) is 27.3 Å². The van der Waals surface area contributed by atoms with Crippen molar-refractivity contribution in [2.75, 3.05) is 43.1 Å². The molecule has 6 rings (SSSR count). The number of halogens is 2. The summed E-state index contributed by atoms with van der Waals surface area (Å²) in [4.78, 5) is 37.1. The third-order valence-electron chi connectivity index (χ3n) is 8.96. The molecule has 2 saturated heterocycles. The van der Waals surface area contributed by atoms with Crippen molar-refractivity contribution in [2.45, 2.75) is 49.5 Å². The number of amides is 1. The maximum absolute atomic E-state index is 15.2. The van der Waals surface area contributed by atoms with Crippen LogP contribution < -0.4 is 19.7 Å². The van der Waals surface area contributed by atoms with Gasteiger partial charge in [0.1, 0.15) is 18.2 Å². The first kappa shape index (κ1) is 29.8. The fourth-order valence-electron chi connectivity index (χ4n) is 6.46. The highest BCUT2D eigenvalue weighted by Crippen LogP contribution is 2.47. The standard InChI is InChI=1S/C28H30BrFN4O8S/c29-20-12-23(33-5-3-28(4-6-33)13-17(35)14-28)21(30)11-19(20)27(36)32-43(39,40)18-9-24(34(37)38)26-25(10-18)42-15-22(31-26)16-1-7-41-8-2-16/h9-12,16,22,31H,1-8,13-15H2,(H,32,36)/t22-/m0/s1. The predicted octanol–water partition coefficient (Wildman–Crippen LogP) is 4.16. The third-order valence-corrected chi connectivity index (χ3v) is 10.9. The van der Waals surface area contributed by atoms with Gasteiger partial charge in [-0.2, -0.15) is 0 Å². The Kier molecular flexibility index (Phi) is 7.84. The van der Waals surface area contributed by atoms with E-state index in [1.807, 2.05) is 9.62 Å². The van der Waals surface area contributed by atoms with Gasteiger partial charge in [-0.05, 0) is 65.1 Å². The summed E-state index contributed by atoms with van der Waals surface area (Å²) in [5, 5.41) is 15.1. The molecule has 1 saturated carbocycles. The SMILES string of the molecule is O=C1CC2(CCN(c3cc(Br)c(C(=O)NS(=O)(=O)c4cc5c(c([N+](=O)[O-])c4)N[C@H](C4CCOCC4)CO5)cc3F)CC2)C1. The van der Waals surface area contributed by atoms with Crippen molar-refractivity contribution >= 4 is 54.7 Å². The predicted molar refractivity (Wildman–Crippen MR) is 156 cm³/mol. The maximum Gasteiger partial charge on any atom is 0.297 e. The molecule has 1 amide bonds. The zero-order valence-electron chi connectivity index (χ0n) is 23.1. The first-order valence-corrected chi connectivity index (χ1v) is 16.3. The molecule has 0 aromatic heterocycles. The largest absolute Gasteiger partial charge is 0.489 e. The normalized spacial score (nSPS) is 21.8. The van der Waals surface area contributed by atoms with Crippen molar-refractivity contribution in [1.82, 2.24) is 4.72 Å². The molecule has 3 fully saturated rings. The number of rotatable bonds is 6. The van der Waals surface area contributed by atoms with Crippen LogP contribution in [0.4, 0.5) is 21.5 Å². The van der Waals surface area contributed by atoms with Crippen molar-refractivity contribution in [3.8, 4) is 5.75 Å². The number of benzene rings is 2. The highest BCUT2D eigenvalue weighted by Gasteiger charge is 2.45. The number of hydrogen-bond donors (Lipinski definition) is 2. The van der Waals surface area contributed by atoms with E-state index >= 15 is 4.39 Å². The van der Waals surface area contributed by atoms with Gasteiger partial charge in [-0.3, -0.25) is 19.7 Å². The van der Waals surface area contributed by atoms with E-state index in [1.165, 1.54) is 6.07 Å². The van der Waals surface area contributed by atoms with Gasteiger partial charge in [0, 0.05) is 55.8 Å². The molecule has 1 spiro atoms. The second-order valence-corrected chi connectivity index (χ2v) is 14.2. The molecule has 0 bridgehead atoms. The van der Waals surface area contributed by atoms with Gasteiger partial charge in [-0.15, -0.1) is 0 Å². The van der Waals surface area contributed by atoms with Crippen LogP contribution in [0.25, 0.3) is 0 Å². The molecule has 12 nitrogen and oxygen atoms in total. The molecular formula is C28H30BrFN4O8S. The second kappa shape index (κ2) is 11.3. The number of fused-ring (bicyclic) bond motifs is 1. The number of hydrogen-bond acceptors (Lipinski definition) is 10. The molecule has 230 valence electrons. The minimum atomic E-state index is -4.61. The molecule has 4 aliphatic rings. The van der Waals surface area contributed by atoms with Crippen molar-refractivity contribution in [3.05, 3.63) is 50.2 Å². The summed E-state index contributed by atoms with van der Waals surface area (Å²) >= 11 is 3.27. The van der Waals surface area contributed by atoms with Gasteiger partial charge in [0.25, 0.3) is 21.6 Å². The number of Topliss-reactive ketones (excluding diaryl/α,β-unsaturated/α-hetero) is 1. The van der Waals surface area contributed by atoms with E-state index in [9.17, 15) is 28.1 Å². The van der Waals surface area contributed by atoms with E-state index in [2.05, 4.69) is 21.2 Å². The Bertz CT molecular complexity index is 1600. The lowest BCUT2D eigenvalue weighted by molar-refractivity contribution is -0.384.